The summed E-state index contributed by atoms with van der Waals surface area (Å²) < 4.78 is 27.2. The Morgan fingerprint density at radius 2 is 1.88 bits per heavy atom. The van der Waals surface area contributed by atoms with E-state index in [1.165, 1.54) is 6.20 Å². The summed E-state index contributed by atoms with van der Waals surface area (Å²) in [6.45, 7) is 8.31. The summed E-state index contributed by atoms with van der Waals surface area (Å²) in [5, 5.41) is 3.88. The van der Waals surface area contributed by atoms with Crippen LogP contribution in [0.1, 0.15) is 25.0 Å². The second-order valence-electron chi connectivity index (χ2n) is 5.45. The van der Waals surface area contributed by atoms with E-state index in [0.717, 1.165) is 10.2 Å². The lowest BCUT2D eigenvalue weighted by molar-refractivity contribution is 0.201. The summed E-state index contributed by atoms with van der Waals surface area (Å²) in [7, 11) is -3.82. The number of carbonyl (C=O) groups is 1. The summed E-state index contributed by atoms with van der Waals surface area (Å²) >= 11 is 3.22. The molecule has 0 aliphatic carbocycles. The van der Waals surface area contributed by atoms with Crippen LogP contribution < -0.4 is 0 Å². The van der Waals surface area contributed by atoms with Crippen molar-refractivity contribution in [3.8, 4) is 0 Å². The molecule has 1 amide bonds. The fourth-order valence-electron chi connectivity index (χ4n) is 2.36. The molecule has 24 heavy (non-hydrogen) atoms. The van der Waals surface area contributed by atoms with E-state index < -0.39 is 9.84 Å². The second kappa shape index (κ2) is 7.06. The van der Waals surface area contributed by atoms with Crippen molar-refractivity contribution in [2.24, 2.45) is 0 Å². The molecule has 0 aliphatic heterocycles. The van der Waals surface area contributed by atoms with E-state index in [2.05, 4.69) is 21.0 Å². The molecule has 8 heteroatoms. The zero-order valence-electron chi connectivity index (χ0n) is 14.1. The highest BCUT2D eigenvalue weighted by Gasteiger charge is 2.28. The predicted molar refractivity (Wildman–Crippen MR) is 95.0 cm³/mol. The highest BCUT2D eigenvalue weighted by atomic mass is 79.9. The molecule has 1 aromatic heterocycles. The minimum atomic E-state index is -3.82. The Morgan fingerprint density at radius 1 is 1.25 bits per heavy atom. The molecule has 0 atom stereocenters. The molecule has 1 aromatic carbocycles. The fourth-order valence-corrected chi connectivity index (χ4v) is 4.82. The van der Waals surface area contributed by atoms with Crippen LogP contribution in [-0.4, -0.2) is 42.2 Å². The Balaban J connectivity index is 2.53. The highest BCUT2D eigenvalue weighted by molar-refractivity contribution is 9.10. The Morgan fingerprint density at radius 3 is 2.46 bits per heavy atom. The van der Waals surface area contributed by atoms with E-state index in [9.17, 15) is 13.2 Å². The van der Waals surface area contributed by atoms with Gasteiger partial charge in [0, 0.05) is 13.1 Å². The molecule has 130 valence electrons. The maximum atomic E-state index is 12.9. The number of halogens is 1. The van der Waals surface area contributed by atoms with Gasteiger partial charge in [0.2, 0.25) is 9.84 Å². The van der Waals surface area contributed by atoms with Crippen LogP contribution in [0.5, 0.6) is 0 Å². The van der Waals surface area contributed by atoms with Crippen LogP contribution in [0, 0.1) is 13.8 Å². The van der Waals surface area contributed by atoms with Crippen molar-refractivity contribution in [2.75, 3.05) is 13.1 Å². The normalized spacial score (nSPS) is 11.5. The van der Waals surface area contributed by atoms with Gasteiger partial charge >= 0.3 is 6.03 Å². The van der Waals surface area contributed by atoms with Gasteiger partial charge in [-0.2, -0.15) is 9.78 Å². The van der Waals surface area contributed by atoms with E-state index in [1.807, 2.05) is 26.8 Å². The summed E-state index contributed by atoms with van der Waals surface area (Å²) in [5.74, 6) is 0. The Bertz CT molecular complexity index is 871. The molecule has 0 radical (unpaired) electrons. The average molecular weight is 414 g/mol. The molecule has 0 bridgehead atoms. The number of hydrogen-bond donors (Lipinski definition) is 0. The third-order valence-corrected chi connectivity index (χ3v) is 6.43. The molecule has 2 aromatic rings. The van der Waals surface area contributed by atoms with E-state index >= 15 is 0 Å². The quantitative estimate of drug-likeness (QED) is 0.769. The topological polar surface area (TPSA) is 72.3 Å². The highest BCUT2D eigenvalue weighted by Crippen LogP contribution is 2.29. The van der Waals surface area contributed by atoms with Crippen LogP contribution in [0.4, 0.5) is 4.79 Å². The van der Waals surface area contributed by atoms with Gasteiger partial charge in [0.25, 0.3) is 0 Å². The summed E-state index contributed by atoms with van der Waals surface area (Å²) in [6.07, 6.45) is 1.39. The van der Waals surface area contributed by atoms with Crippen LogP contribution >= 0.6 is 15.9 Å². The van der Waals surface area contributed by atoms with Crippen LogP contribution in [0.15, 0.2) is 38.8 Å². The number of aryl methyl sites for hydroxylation is 2. The van der Waals surface area contributed by atoms with Gasteiger partial charge in [0.15, 0.2) is 5.03 Å². The molecule has 2 rings (SSSR count). The Labute approximate surface area is 150 Å². The number of aromatic nitrogens is 2. The third kappa shape index (κ3) is 3.39. The number of nitrogens with zero attached hydrogens (tertiary/aromatic N) is 3. The standard InChI is InChI=1S/C16H20BrN3O3S/c1-5-19(6-2)16(21)20-10-13(17)15(18-20)24(22,23)14-9-11(3)7-8-12(14)4/h7-10H,5-6H2,1-4H3. The lowest BCUT2D eigenvalue weighted by Gasteiger charge is -2.17. The number of amides is 1. The van der Waals surface area contributed by atoms with Crippen molar-refractivity contribution in [1.29, 1.82) is 0 Å². The zero-order valence-corrected chi connectivity index (χ0v) is 16.5. The Hall–Kier alpha value is -1.67. The van der Waals surface area contributed by atoms with Gasteiger partial charge in [-0.25, -0.2) is 13.2 Å². The first-order valence-electron chi connectivity index (χ1n) is 7.59. The van der Waals surface area contributed by atoms with Gasteiger partial charge < -0.3 is 4.90 Å². The summed E-state index contributed by atoms with van der Waals surface area (Å²) in [5.41, 5.74) is 1.48. The largest absolute Gasteiger partial charge is 0.344 e. The van der Waals surface area contributed by atoms with Crippen LogP contribution in [0.2, 0.25) is 0 Å². The fraction of sp³-hybridized carbons (Fsp3) is 0.375. The first-order valence-corrected chi connectivity index (χ1v) is 9.86. The van der Waals surface area contributed by atoms with Crippen molar-refractivity contribution in [1.82, 2.24) is 14.7 Å². The number of rotatable bonds is 4. The van der Waals surface area contributed by atoms with Crippen molar-refractivity contribution in [3.05, 3.63) is 40.0 Å². The molecular weight excluding hydrogens is 394 g/mol. The lowest BCUT2D eigenvalue weighted by Crippen LogP contribution is -2.34. The van der Waals surface area contributed by atoms with Crippen LogP contribution in [0.3, 0.4) is 0 Å². The number of benzene rings is 1. The van der Waals surface area contributed by atoms with Gasteiger partial charge in [-0.15, -0.1) is 0 Å². The second-order valence-corrected chi connectivity index (χ2v) is 8.14. The Kier molecular flexibility index (Phi) is 5.49. The van der Waals surface area contributed by atoms with Gasteiger partial charge in [0.1, 0.15) is 0 Å². The molecule has 0 spiro atoms. The van der Waals surface area contributed by atoms with E-state index in [4.69, 9.17) is 0 Å². The first-order chi connectivity index (χ1) is 11.2. The third-order valence-electron chi connectivity index (χ3n) is 3.76. The molecule has 6 nitrogen and oxygen atoms in total. The molecular formula is C16H20BrN3O3S. The van der Waals surface area contributed by atoms with E-state index in [1.54, 1.807) is 24.0 Å². The zero-order chi connectivity index (χ0) is 18.1. The molecule has 0 fully saturated rings. The maximum Gasteiger partial charge on any atom is 0.344 e. The molecule has 0 N–H and O–H groups in total. The molecule has 0 saturated carbocycles. The summed E-state index contributed by atoms with van der Waals surface area (Å²) in [4.78, 5) is 14.1. The molecule has 0 unspecified atom stereocenters. The van der Waals surface area contributed by atoms with Gasteiger partial charge in [0.05, 0.1) is 15.6 Å². The van der Waals surface area contributed by atoms with E-state index in [-0.39, 0.29) is 20.4 Å². The van der Waals surface area contributed by atoms with E-state index in [0.29, 0.717) is 18.7 Å². The lowest BCUT2D eigenvalue weighted by atomic mass is 10.2. The van der Waals surface area contributed by atoms with Gasteiger partial charge in [-0.3, -0.25) is 0 Å². The van der Waals surface area contributed by atoms with Gasteiger partial charge in [-0.05, 0) is 60.8 Å². The van der Waals surface area contributed by atoms with Gasteiger partial charge in [-0.1, -0.05) is 12.1 Å². The monoisotopic (exact) mass is 413 g/mol. The number of sulfone groups is 1. The number of hydrogen-bond acceptors (Lipinski definition) is 4. The minimum absolute atomic E-state index is 0.156. The molecule has 0 saturated heterocycles. The SMILES string of the molecule is CCN(CC)C(=O)n1cc(Br)c(S(=O)(=O)c2cc(C)ccc2C)n1. The smallest absolute Gasteiger partial charge is 0.323 e. The van der Waals surface area contributed by atoms with Crippen molar-refractivity contribution in [3.63, 3.8) is 0 Å². The average Bonchev–Trinajstić information content (AvgIpc) is 2.93. The molecule has 0 aliphatic rings. The predicted octanol–water partition coefficient (Wildman–Crippen LogP) is 3.41. The molecule has 1 heterocycles. The summed E-state index contributed by atoms with van der Waals surface area (Å²) in [6, 6.07) is 4.87. The minimum Gasteiger partial charge on any atom is -0.323 e. The van der Waals surface area contributed by atoms with Crippen molar-refractivity contribution in [2.45, 2.75) is 37.6 Å². The maximum absolute atomic E-state index is 12.9. The van der Waals surface area contributed by atoms with Crippen LogP contribution in [0.25, 0.3) is 0 Å². The van der Waals surface area contributed by atoms with Crippen LogP contribution in [-0.2, 0) is 9.84 Å². The van der Waals surface area contributed by atoms with Crippen molar-refractivity contribution >= 4 is 31.8 Å². The first kappa shape index (κ1) is 18.7. The number of carbonyl (C=O) groups excluding carboxylic acids is 1. The van der Waals surface area contributed by atoms with Crippen molar-refractivity contribution < 1.29 is 13.2 Å².